The van der Waals surface area contributed by atoms with Gasteiger partial charge in [-0.15, -0.1) is 26.3 Å². The molecule has 0 amide bonds. The fraction of sp³-hybridized carbons (Fsp3) is 0.350. The van der Waals surface area contributed by atoms with Crippen LogP contribution in [0.1, 0.15) is 124 Å². The van der Waals surface area contributed by atoms with Gasteiger partial charge < -0.3 is 10.2 Å². The summed E-state index contributed by atoms with van der Waals surface area (Å²) in [7, 11) is 0. The number of allylic oxidation sites excluding steroid dienone is 4. The van der Waals surface area contributed by atoms with Crippen LogP contribution in [-0.2, 0) is 10.8 Å². The van der Waals surface area contributed by atoms with Gasteiger partial charge in [0.2, 0.25) is 0 Å². The van der Waals surface area contributed by atoms with E-state index in [1.807, 2.05) is 24.3 Å². The van der Waals surface area contributed by atoms with E-state index < -0.39 is 0 Å². The number of rotatable bonds is 12. The van der Waals surface area contributed by atoms with E-state index in [4.69, 9.17) is 0 Å². The van der Waals surface area contributed by atoms with Gasteiger partial charge in [0, 0.05) is 56.8 Å². The molecule has 4 unspecified atom stereocenters. The molecule has 0 aliphatic rings. The summed E-state index contributed by atoms with van der Waals surface area (Å²) in [5.74, 6) is 0.742. The van der Waals surface area contributed by atoms with Crippen LogP contribution in [0.4, 0.5) is 0 Å². The first kappa shape index (κ1) is 32.7. The van der Waals surface area contributed by atoms with Gasteiger partial charge in [0.15, 0.2) is 0 Å². The molecule has 0 aromatic heterocycles. The number of hydrogen-bond acceptors (Lipinski definition) is 2. The molecule has 3 aromatic carbocycles. The Kier molecular flexibility index (Phi) is 9.83. The van der Waals surface area contributed by atoms with E-state index in [2.05, 4.69) is 130 Å². The molecule has 0 saturated heterocycles. The molecule has 0 aliphatic heterocycles. The summed E-state index contributed by atoms with van der Waals surface area (Å²) in [5.41, 5.74) is 7.60. The van der Waals surface area contributed by atoms with Crippen molar-refractivity contribution in [2.75, 3.05) is 0 Å². The number of hydrogen-bond donors (Lipinski definition) is 2. The highest BCUT2D eigenvalue weighted by Gasteiger charge is 2.30. The van der Waals surface area contributed by atoms with Gasteiger partial charge in [0.05, 0.1) is 0 Å². The monoisotopic (exact) mass is 562 g/mol. The van der Waals surface area contributed by atoms with Crippen LogP contribution in [0.2, 0.25) is 0 Å². The standard InChI is InChI=1S/C40H50O2/c1-13-25(5)33-21-31(22-34(37(33)41)26(6)14-2)39(9,10)29-17-19-30(20-18-29)40(11,12)32-23-35(27(7)15-3)38(42)36(24-32)28(8)16-4/h13-28,41-42H,1-4H2,5-12H3. The lowest BCUT2D eigenvalue weighted by atomic mass is 9.72. The molecule has 3 aromatic rings. The maximum Gasteiger partial charge on any atom is 0.123 e. The minimum Gasteiger partial charge on any atom is -0.507 e. The van der Waals surface area contributed by atoms with E-state index in [1.165, 1.54) is 11.1 Å². The fourth-order valence-corrected chi connectivity index (χ4v) is 5.62. The maximum atomic E-state index is 11.1. The van der Waals surface area contributed by atoms with Crippen LogP contribution in [0, 0.1) is 0 Å². The summed E-state index contributed by atoms with van der Waals surface area (Å²) >= 11 is 0. The Hall–Kier alpha value is -3.78. The second-order valence-corrected chi connectivity index (χ2v) is 12.9. The van der Waals surface area contributed by atoms with Crippen LogP contribution in [-0.4, -0.2) is 10.2 Å². The van der Waals surface area contributed by atoms with Crippen molar-refractivity contribution in [1.82, 2.24) is 0 Å². The van der Waals surface area contributed by atoms with Crippen molar-refractivity contribution >= 4 is 0 Å². The largest absolute Gasteiger partial charge is 0.507 e. The molecule has 3 rings (SSSR count). The van der Waals surface area contributed by atoms with E-state index >= 15 is 0 Å². The van der Waals surface area contributed by atoms with Gasteiger partial charge in [-0.3, -0.25) is 0 Å². The molecule has 0 radical (unpaired) electrons. The molecule has 2 heteroatoms. The highest BCUT2D eigenvalue weighted by atomic mass is 16.3. The topological polar surface area (TPSA) is 40.5 Å². The zero-order valence-electron chi connectivity index (χ0n) is 27.0. The first-order valence-corrected chi connectivity index (χ1v) is 15.0. The Morgan fingerprint density at radius 1 is 0.476 bits per heavy atom. The second-order valence-electron chi connectivity index (χ2n) is 12.9. The third-order valence-electron chi connectivity index (χ3n) is 9.49. The second kappa shape index (κ2) is 12.6. The number of aromatic hydroxyl groups is 2. The minimum atomic E-state index is -0.306. The molecule has 0 aliphatic carbocycles. The van der Waals surface area contributed by atoms with Gasteiger partial charge >= 0.3 is 0 Å². The molecule has 2 N–H and O–H groups in total. The highest BCUT2D eigenvalue weighted by molar-refractivity contribution is 5.55. The van der Waals surface area contributed by atoms with Crippen molar-refractivity contribution in [2.45, 2.75) is 89.9 Å². The van der Waals surface area contributed by atoms with Crippen molar-refractivity contribution in [3.63, 3.8) is 0 Å². The molecule has 2 nitrogen and oxygen atoms in total. The van der Waals surface area contributed by atoms with Gasteiger partial charge in [-0.25, -0.2) is 0 Å². The van der Waals surface area contributed by atoms with Gasteiger partial charge in [-0.05, 0) is 22.3 Å². The summed E-state index contributed by atoms with van der Waals surface area (Å²) < 4.78 is 0. The van der Waals surface area contributed by atoms with E-state index in [9.17, 15) is 10.2 Å². The molecule has 4 atom stereocenters. The Morgan fingerprint density at radius 3 is 0.881 bits per heavy atom. The summed E-state index contributed by atoms with van der Waals surface area (Å²) in [4.78, 5) is 0. The van der Waals surface area contributed by atoms with Gasteiger partial charge in [0.1, 0.15) is 11.5 Å². The Balaban J connectivity index is 2.12. The average Bonchev–Trinajstić information content (AvgIpc) is 2.99. The first-order valence-electron chi connectivity index (χ1n) is 15.0. The molecule has 0 spiro atoms. The Bertz CT molecular complexity index is 1290. The molecule has 0 heterocycles. The van der Waals surface area contributed by atoms with Crippen molar-refractivity contribution in [3.05, 3.63) is 144 Å². The molecule has 222 valence electrons. The van der Waals surface area contributed by atoms with Gasteiger partial charge in [-0.1, -0.05) is 128 Å². The molecule has 0 saturated carbocycles. The smallest absolute Gasteiger partial charge is 0.123 e. The molecule has 0 bridgehead atoms. The normalized spacial score (nSPS) is 14.9. The molecular formula is C40H50O2. The number of phenolic OH excluding ortho intramolecular Hbond substituents is 2. The number of benzene rings is 3. The van der Waals surface area contributed by atoms with Crippen LogP contribution in [0.25, 0.3) is 0 Å². The van der Waals surface area contributed by atoms with Crippen molar-refractivity contribution < 1.29 is 10.2 Å². The summed E-state index contributed by atoms with van der Waals surface area (Å²) in [6.07, 6.45) is 7.49. The van der Waals surface area contributed by atoms with Gasteiger partial charge in [-0.2, -0.15) is 0 Å². The van der Waals surface area contributed by atoms with Crippen molar-refractivity contribution in [2.24, 2.45) is 0 Å². The summed E-state index contributed by atoms with van der Waals surface area (Å²) in [5, 5.41) is 22.2. The van der Waals surface area contributed by atoms with E-state index in [0.717, 1.165) is 33.4 Å². The maximum absolute atomic E-state index is 11.1. The first-order chi connectivity index (χ1) is 19.6. The summed E-state index contributed by atoms with van der Waals surface area (Å²) in [6, 6.07) is 17.4. The molecular weight excluding hydrogens is 512 g/mol. The predicted octanol–water partition coefficient (Wildman–Crippen LogP) is 10.9. The molecule has 0 fully saturated rings. The fourth-order valence-electron chi connectivity index (χ4n) is 5.62. The lowest BCUT2D eigenvalue weighted by Gasteiger charge is -2.32. The number of phenols is 2. The molecule has 42 heavy (non-hydrogen) atoms. The van der Waals surface area contributed by atoms with Crippen LogP contribution >= 0.6 is 0 Å². The van der Waals surface area contributed by atoms with Crippen LogP contribution in [0.3, 0.4) is 0 Å². The SMILES string of the molecule is C=CC(C)c1cc(C(C)(C)c2ccc(C(C)(C)c3cc(C(C)C=C)c(O)c(C(C)C=C)c3)cc2)cc(C(C)C=C)c1O. The van der Waals surface area contributed by atoms with E-state index in [1.54, 1.807) is 0 Å². The van der Waals surface area contributed by atoms with Gasteiger partial charge in [0.25, 0.3) is 0 Å². The average molecular weight is 563 g/mol. The van der Waals surface area contributed by atoms with Crippen molar-refractivity contribution in [1.29, 1.82) is 0 Å². The Morgan fingerprint density at radius 2 is 0.690 bits per heavy atom. The highest BCUT2D eigenvalue weighted by Crippen LogP contribution is 2.44. The third-order valence-corrected chi connectivity index (χ3v) is 9.49. The van der Waals surface area contributed by atoms with Crippen LogP contribution in [0.5, 0.6) is 11.5 Å². The zero-order valence-corrected chi connectivity index (χ0v) is 27.0. The Labute approximate surface area is 254 Å². The zero-order chi connectivity index (χ0) is 31.6. The van der Waals surface area contributed by atoms with Crippen molar-refractivity contribution in [3.8, 4) is 11.5 Å². The lowest BCUT2D eigenvalue weighted by molar-refractivity contribution is 0.456. The predicted molar refractivity (Wildman–Crippen MR) is 181 cm³/mol. The van der Waals surface area contributed by atoms with Crippen LogP contribution in [0.15, 0.2) is 99.2 Å². The van der Waals surface area contributed by atoms with E-state index in [-0.39, 0.29) is 34.5 Å². The summed E-state index contributed by atoms with van der Waals surface area (Å²) in [6.45, 7) is 33.0. The third kappa shape index (κ3) is 6.04. The van der Waals surface area contributed by atoms with E-state index in [0.29, 0.717) is 11.5 Å². The minimum absolute atomic E-state index is 0.0207. The van der Waals surface area contributed by atoms with Crippen LogP contribution < -0.4 is 0 Å². The lowest BCUT2D eigenvalue weighted by Crippen LogP contribution is -2.22. The quantitative estimate of drug-likeness (QED) is 0.216.